The standard InChI is InChI=1S/C17H38N2/c1-7-10-17(6,13-18)14-19(11-8-15(2)3)12-9-16(4)5/h15-16H,7-14,18H2,1-6H3. The van der Waals surface area contributed by atoms with E-state index in [0.717, 1.165) is 24.9 Å². The molecule has 1 unspecified atom stereocenters. The number of nitrogens with two attached hydrogens (primary N) is 1. The molecule has 0 aromatic rings. The van der Waals surface area contributed by atoms with E-state index in [0.29, 0.717) is 5.41 Å². The van der Waals surface area contributed by atoms with Crippen molar-refractivity contribution in [2.24, 2.45) is 23.0 Å². The van der Waals surface area contributed by atoms with Gasteiger partial charge in [0.05, 0.1) is 0 Å². The summed E-state index contributed by atoms with van der Waals surface area (Å²) in [6.07, 6.45) is 5.06. The van der Waals surface area contributed by atoms with Crippen molar-refractivity contribution in [1.29, 1.82) is 0 Å². The molecule has 0 saturated carbocycles. The van der Waals surface area contributed by atoms with Crippen LogP contribution in [0.5, 0.6) is 0 Å². The highest BCUT2D eigenvalue weighted by Gasteiger charge is 2.24. The molecule has 116 valence electrons. The molecule has 0 bridgehead atoms. The summed E-state index contributed by atoms with van der Waals surface area (Å²) in [6, 6.07) is 0. The summed E-state index contributed by atoms with van der Waals surface area (Å²) in [6.45, 7) is 18.3. The second-order valence-corrected chi connectivity index (χ2v) is 7.41. The number of nitrogens with zero attached hydrogens (tertiary/aromatic N) is 1. The molecular formula is C17H38N2. The second kappa shape index (κ2) is 9.77. The van der Waals surface area contributed by atoms with E-state index in [1.165, 1.54) is 38.8 Å². The van der Waals surface area contributed by atoms with Gasteiger partial charge in [-0.1, -0.05) is 48.0 Å². The summed E-state index contributed by atoms with van der Waals surface area (Å²) in [4.78, 5) is 2.66. The van der Waals surface area contributed by atoms with E-state index in [2.05, 4.69) is 46.4 Å². The summed E-state index contributed by atoms with van der Waals surface area (Å²) >= 11 is 0. The highest BCUT2D eigenvalue weighted by Crippen LogP contribution is 2.24. The number of hydrogen-bond donors (Lipinski definition) is 1. The molecule has 0 aliphatic heterocycles. The van der Waals surface area contributed by atoms with E-state index in [1.54, 1.807) is 0 Å². The molecule has 0 radical (unpaired) electrons. The molecule has 0 aromatic carbocycles. The maximum atomic E-state index is 6.03. The fraction of sp³-hybridized carbons (Fsp3) is 1.00. The van der Waals surface area contributed by atoms with Gasteiger partial charge in [-0.2, -0.15) is 0 Å². The van der Waals surface area contributed by atoms with Crippen molar-refractivity contribution < 1.29 is 0 Å². The van der Waals surface area contributed by atoms with Crippen molar-refractivity contribution in [2.75, 3.05) is 26.2 Å². The van der Waals surface area contributed by atoms with Crippen LogP contribution in [0.1, 0.15) is 67.2 Å². The predicted molar refractivity (Wildman–Crippen MR) is 87.4 cm³/mol. The second-order valence-electron chi connectivity index (χ2n) is 7.41. The molecule has 0 heterocycles. The molecular weight excluding hydrogens is 232 g/mol. The van der Waals surface area contributed by atoms with E-state index in [4.69, 9.17) is 5.73 Å². The van der Waals surface area contributed by atoms with Gasteiger partial charge in [-0.05, 0) is 56.1 Å². The van der Waals surface area contributed by atoms with Gasteiger partial charge in [0.15, 0.2) is 0 Å². The fourth-order valence-electron chi connectivity index (χ4n) is 2.54. The van der Waals surface area contributed by atoms with Crippen LogP contribution >= 0.6 is 0 Å². The van der Waals surface area contributed by atoms with E-state index in [1.807, 2.05) is 0 Å². The molecule has 19 heavy (non-hydrogen) atoms. The Morgan fingerprint density at radius 1 is 1.00 bits per heavy atom. The number of rotatable bonds is 11. The van der Waals surface area contributed by atoms with Crippen LogP contribution in [-0.2, 0) is 0 Å². The highest BCUT2D eigenvalue weighted by molar-refractivity contribution is 4.79. The van der Waals surface area contributed by atoms with Crippen molar-refractivity contribution in [3.8, 4) is 0 Å². The third kappa shape index (κ3) is 9.45. The molecule has 0 aliphatic carbocycles. The lowest BCUT2D eigenvalue weighted by Crippen LogP contribution is -2.42. The summed E-state index contributed by atoms with van der Waals surface area (Å²) in [5.41, 5.74) is 6.32. The molecule has 1 atom stereocenters. The third-order valence-corrected chi connectivity index (χ3v) is 4.00. The molecule has 0 aromatic heterocycles. The highest BCUT2D eigenvalue weighted by atomic mass is 15.1. The molecule has 0 fully saturated rings. The quantitative estimate of drug-likeness (QED) is 0.611. The molecule has 0 aliphatic rings. The third-order valence-electron chi connectivity index (χ3n) is 4.00. The Kier molecular flexibility index (Phi) is 9.72. The van der Waals surface area contributed by atoms with Crippen LogP contribution in [0.2, 0.25) is 0 Å². The lowest BCUT2D eigenvalue weighted by Gasteiger charge is -2.35. The first-order valence-electron chi connectivity index (χ1n) is 8.25. The van der Waals surface area contributed by atoms with Gasteiger partial charge in [0, 0.05) is 6.54 Å². The van der Waals surface area contributed by atoms with Crippen LogP contribution in [0.4, 0.5) is 0 Å². The van der Waals surface area contributed by atoms with Crippen LogP contribution in [-0.4, -0.2) is 31.1 Å². The Hall–Kier alpha value is -0.0800. The van der Waals surface area contributed by atoms with Gasteiger partial charge in [0.25, 0.3) is 0 Å². The maximum absolute atomic E-state index is 6.03. The largest absolute Gasteiger partial charge is 0.330 e. The van der Waals surface area contributed by atoms with Gasteiger partial charge in [-0.25, -0.2) is 0 Å². The van der Waals surface area contributed by atoms with Crippen molar-refractivity contribution >= 4 is 0 Å². The Balaban J connectivity index is 4.44. The van der Waals surface area contributed by atoms with Gasteiger partial charge < -0.3 is 10.6 Å². The molecule has 0 saturated heterocycles. The lowest BCUT2D eigenvalue weighted by molar-refractivity contribution is 0.146. The Labute approximate surface area is 122 Å². The summed E-state index contributed by atoms with van der Waals surface area (Å²) in [5.74, 6) is 1.58. The average molecular weight is 271 g/mol. The van der Waals surface area contributed by atoms with Crippen molar-refractivity contribution in [3.05, 3.63) is 0 Å². The van der Waals surface area contributed by atoms with Crippen molar-refractivity contribution in [1.82, 2.24) is 4.90 Å². The Morgan fingerprint density at radius 2 is 1.47 bits per heavy atom. The van der Waals surface area contributed by atoms with Crippen LogP contribution < -0.4 is 5.73 Å². The predicted octanol–water partition coefficient (Wildman–Crippen LogP) is 4.15. The zero-order chi connectivity index (χ0) is 14.9. The minimum absolute atomic E-state index is 0.294. The molecule has 0 amide bonds. The van der Waals surface area contributed by atoms with Crippen molar-refractivity contribution in [2.45, 2.75) is 67.2 Å². The fourth-order valence-corrected chi connectivity index (χ4v) is 2.54. The van der Waals surface area contributed by atoms with E-state index >= 15 is 0 Å². The van der Waals surface area contributed by atoms with Crippen molar-refractivity contribution in [3.63, 3.8) is 0 Å². The minimum atomic E-state index is 0.294. The van der Waals surface area contributed by atoms with Crippen LogP contribution in [0.15, 0.2) is 0 Å². The molecule has 0 rings (SSSR count). The van der Waals surface area contributed by atoms with E-state index in [9.17, 15) is 0 Å². The van der Waals surface area contributed by atoms with Gasteiger partial charge >= 0.3 is 0 Å². The molecule has 2 nitrogen and oxygen atoms in total. The van der Waals surface area contributed by atoms with Gasteiger partial charge in [0.2, 0.25) is 0 Å². The normalized spacial score (nSPS) is 15.5. The first-order chi connectivity index (χ1) is 8.83. The van der Waals surface area contributed by atoms with Crippen LogP contribution in [0.3, 0.4) is 0 Å². The van der Waals surface area contributed by atoms with Crippen LogP contribution in [0.25, 0.3) is 0 Å². The summed E-state index contributed by atoms with van der Waals surface area (Å²) in [5, 5.41) is 0. The first kappa shape index (κ1) is 18.9. The monoisotopic (exact) mass is 270 g/mol. The Morgan fingerprint density at radius 3 is 1.79 bits per heavy atom. The smallest absolute Gasteiger partial charge is 0.00474 e. The van der Waals surface area contributed by atoms with Crippen LogP contribution in [0, 0.1) is 17.3 Å². The van der Waals surface area contributed by atoms with E-state index in [-0.39, 0.29) is 0 Å². The Bertz CT molecular complexity index is 201. The van der Waals surface area contributed by atoms with E-state index < -0.39 is 0 Å². The van der Waals surface area contributed by atoms with Gasteiger partial charge in [-0.3, -0.25) is 0 Å². The number of hydrogen-bond acceptors (Lipinski definition) is 2. The lowest BCUT2D eigenvalue weighted by atomic mass is 9.85. The molecule has 2 N–H and O–H groups in total. The zero-order valence-electron chi connectivity index (χ0n) is 14.3. The maximum Gasteiger partial charge on any atom is 0.00474 e. The summed E-state index contributed by atoms with van der Waals surface area (Å²) in [7, 11) is 0. The van der Waals surface area contributed by atoms with Gasteiger partial charge in [0.1, 0.15) is 0 Å². The first-order valence-corrected chi connectivity index (χ1v) is 8.25. The minimum Gasteiger partial charge on any atom is -0.330 e. The summed E-state index contributed by atoms with van der Waals surface area (Å²) < 4.78 is 0. The average Bonchev–Trinajstić information content (AvgIpc) is 2.32. The molecule has 2 heteroatoms. The topological polar surface area (TPSA) is 29.3 Å². The molecule has 0 spiro atoms. The SMILES string of the molecule is CCCC(C)(CN)CN(CCC(C)C)CCC(C)C. The van der Waals surface area contributed by atoms with Gasteiger partial charge in [-0.15, -0.1) is 0 Å². The zero-order valence-corrected chi connectivity index (χ0v) is 14.3.